The minimum absolute atomic E-state index is 0.185. The van der Waals surface area contributed by atoms with Gasteiger partial charge in [0.15, 0.2) is 5.69 Å². The molecule has 0 atom stereocenters. The van der Waals surface area contributed by atoms with Crippen LogP contribution in [0.15, 0.2) is 28.8 Å². The van der Waals surface area contributed by atoms with Crippen molar-refractivity contribution >= 4 is 5.97 Å². The van der Waals surface area contributed by atoms with Gasteiger partial charge in [0.2, 0.25) is 0 Å². The van der Waals surface area contributed by atoms with Gasteiger partial charge in [-0.15, -0.1) is 0 Å². The van der Waals surface area contributed by atoms with Gasteiger partial charge in [-0.05, 0) is 57.2 Å². The lowest BCUT2D eigenvalue weighted by Crippen LogP contribution is -2.08. The van der Waals surface area contributed by atoms with Crippen molar-refractivity contribution in [3.8, 4) is 16.8 Å². The zero-order valence-electron chi connectivity index (χ0n) is 14.2. The molecular weight excluding hydrogens is 318 g/mol. The lowest BCUT2D eigenvalue weighted by Gasteiger charge is -2.14. The molecule has 1 aliphatic carbocycles. The lowest BCUT2D eigenvalue weighted by atomic mass is 9.95. The quantitative estimate of drug-likeness (QED) is 0.788. The van der Waals surface area contributed by atoms with E-state index in [9.17, 15) is 9.90 Å². The molecule has 0 saturated carbocycles. The molecule has 0 unspecified atom stereocenters. The van der Waals surface area contributed by atoms with E-state index < -0.39 is 5.97 Å². The minimum atomic E-state index is -0.954. The maximum Gasteiger partial charge on any atom is 0.356 e. The highest BCUT2D eigenvalue weighted by atomic mass is 16.5. The van der Waals surface area contributed by atoms with Gasteiger partial charge < -0.3 is 9.63 Å². The molecule has 3 aromatic rings. The number of benzene rings is 1. The largest absolute Gasteiger partial charge is 0.476 e. The van der Waals surface area contributed by atoms with Crippen molar-refractivity contribution in [2.75, 3.05) is 0 Å². The van der Waals surface area contributed by atoms with Crippen LogP contribution < -0.4 is 0 Å². The highest BCUT2D eigenvalue weighted by molar-refractivity contribution is 5.87. The van der Waals surface area contributed by atoms with Gasteiger partial charge in [0.25, 0.3) is 0 Å². The zero-order chi connectivity index (χ0) is 17.6. The molecule has 2 aromatic heterocycles. The molecule has 0 radical (unpaired) electrons. The van der Waals surface area contributed by atoms with Crippen LogP contribution in [0.1, 0.15) is 46.0 Å². The number of rotatable bonds is 3. The Morgan fingerprint density at radius 3 is 2.52 bits per heavy atom. The highest BCUT2D eigenvalue weighted by Crippen LogP contribution is 2.30. The van der Waals surface area contributed by atoms with Crippen LogP contribution in [0, 0.1) is 13.8 Å². The molecule has 4 rings (SSSR count). The molecule has 128 valence electrons. The Kier molecular flexibility index (Phi) is 3.67. The van der Waals surface area contributed by atoms with Crippen molar-refractivity contribution < 1.29 is 14.4 Å². The standard InChI is InChI=1S/C19H19N3O3/c1-11-17(12(2)25-21-11)13-7-9-14(10-8-13)22-16-6-4-3-5-15(16)18(20-22)19(23)24/h7-10H,3-6H2,1-2H3,(H,23,24). The minimum Gasteiger partial charge on any atom is -0.476 e. The Morgan fingerprint density at radius 2 is 1.88 bits per heavy atom. The van der Waals surface area contributed by atoms with Crippen LogP contribution in [0.2, 0.25) is 0 Å². The van der Waals surface area contributed by atoms with Crippen molar-refractivity contribution in [2.24, 2.45) is 0 Å². The number of aryl methyl sites for hydroxylation is 2. The summed E-state index contributed by atoms with van der Waals surface area (Å²) in [6, 6.07) is 7.93. The third-order valence-electron chi connectivity index (χ3n) is 4.82. The highest BCUT2D eigenvalue weighted by Gasteiger charge is 2.25. The molecule has 6 heteroatoms. The van der Waals surface area contributed by atoms with Crippen molar-refractivity contribution in [2.45, 2.75) is 39.5 Å². The number of carboxylic acids is 1. The summed E-state index contributed by atoms with van der Waals surface area (Å²) in [5.41, 5.74) is 5.85. The summed E-state index contributed by atoms with van der Waals surface area (Å²) in [4.78, 5) is 11.5. The van der Waals surface area contributed by atoms with E-state index in [2.05, 4.69) is 10.3 Å². The molecule has 1 aromatic carbocycles. The molecule has 1 N–H and O–H groups in total. The summed E-state index contributed by atoms with van der Waals surface area (Å²) < 4.78 is 7.02. The van der Waals surface area contributed by atoms with Crippen LogP contribution in [0.5, 0.6) is 0 Å². The number of carboxylic acid groups (broad SMARTS) is 1. The first-order chi connectivity index (χ1) is 12.1. The van der Waals surface area contributed by atoms with Gasteiger partial charge in [0, 0.05) is 16.8 Å². The van der Waals surface area contributed by atoms with Crippen LogP contribution in [0.25, 0.3) is 16.8 Å². The van der Waals surface area contributed by atoms with E-state index in [0.29, 0.717) is 0 Å². The summed E-state index contributed by atoms with van der Waals surface area (Å²) in [7, 11) is 0. The first-order valence-electron chi connectivity index (χ1n) is 8.44. The number of hydrogen-bond donors (Lipinski definition) is 1. The van der Waals surface area contributed by atoms with Crippen molar-refractivity contribution in [1.82, 2.24) is 14.9 Å². The average Bonchev–Trinajstić information content (AvgIpc) is 3.16. The summed E-state index contributed by atoms with van der Waals surface area (Å²) in [6.45, 7) is 3.81. The second-order valence-corrected chi connectivity index (χ2v) is 6.44. The fraction of sp³-hybridized carbons (Fsp3) is 0.316. The lowest BCUT2D eigenvalue weighted by molar-refractivity contribution is 0.0688. The molecule has 1 aliphatic rings. The smallest absolute Gasteiger partial charge is 0.356 e. The predicted octanol–water partition coefficient (Wildman–Crippen LogP) is 3.72. The first kappa shape index (κ1) is 15.6. The van der Waals surface area contributed by atoms with Crippen LogP contribution in [0.3, 0.4) is 0 Å². The number of hydrogen-bond acceptors (Lipinski definition) is 4. The van der Waals surface area contributed by atoms with Gasteiger partial charge in [-0.2, -0.15) is 5.10 Å². The first-order valence-corrected chi connectivity index (χ1v) is 8.44. The van der Waals surface area contributed by atoms with Crippen LogP contribution >= 0.6 is 0 Å². The van der Waals surface area contributed by atoms with Gasteiger partial charge in [-0.3, -0.25) is 0 Å². The van der Waals surface area contributed by atoms with Gasteiger partial charge >= 0.3 is 5.97 Å². The maximum atomic E-state index is 11.5. The molecule has 0 bridgehead atoms. The molecule has 6 nitrogen and oxygen atoms in total. The molecule has 0 fully saturated rings. The number of nitrogens with zero attached hydrogens (tertiary/aromatic N) is 3. The number of carbonyl (C=O) groups is 1. The SMILES string of the molecule is Cc1noc(C)c1-c1ccc(-n2nc(C(=O)O)c3c2CCCC3)cc1. The molecule has 0 saturated heterocycles. The number of aromatic nitrogens is 3. The van der Waals surface area contributed by atoms with Crippen molar-refractivity contribution in [3.05, 3.63) is 52.7 Å². The van der Waals surface area contributed by atoms with Gasteiger partial charge in [-0.25, -0.2) is 9.48 Å². The van der Waals surface area contributed by atoms with Crippen molar-refractivity contribution in [1.29, 1.82) is 0 Å². The summed E-state index contributed by atoms with van der Waals surface area (Å²) in [5.74, 6) is -0.167. The van der Waals surface area contributed by atoms with E-state index in [1.54, 1.807) is 4.68 Å². The van der Waals surface area contributed by atoms with E-state index >= 15 is 0 Å². The van der Waals surface area contributed by atoms with Crippen LogP contribution in [0.4, 0.5) is 0 Å². The number of aromatic carboxylic acids is 1. The summed E-state index contributed by atoms with van der Waals surface area (Å²) in [6.07, 6.45) is 3.73. The third kappa shape index (κ3) is 2.54. The predicted molar refractivity (Wildman–Crippen MR) is 92.1 cm³/mol. The third-order valence-corrected chi connectivity index (χ3v) is 4.82. The Bertz CT molecular complexity index is 932. The van der Waals surface area contributed by atoms with Crippen LogP contribution in [-0.2, 0) is 12.8 Å². The van der Waals surface area contributed by atoms with E-state index in [4.69, 9.17) is 4.52 Å². The van der Waals surface area contributed by atoms with Gasteiger partial charge in [0.05, 0.1) is 11.4 Å². The normalized spacial score (nSPS) is 13.7. The molecule has 0 spiro atoms. The zero-order valence-corrected chi connectivity index (χ0v) is 14.2. The second-order valence-electron chi connectivity index (χ2n) is 6.44. The molecular formula is C19H19N3O3. The monoisotopic (exact) mass is 337 g/mol. The summed E-state index contributed by atoms with van der Waals surface area (Å²) >= 11 is 0. The Morgan fingerprint density at radius 1 is 1.16 bits per heavy atom. The van der Waals surface area contributed by atoms with E-state index in [-0.39, 0.29) is 5.69 Å². The molecule has 2 heterocycles. The molecule has 0 aliphatic heterocycles. The molecule has 25 heavy (non-hydrogen) atoms. The fourth-order valence-electron chi connectivity index (χ4n) is 3.65. The van der Waals surface area contributed by atoms with Crippen LogP contribution in [-0.4, -0.2) is 26.0 Å². The fourth-order valence-corrected chi connectivity index (χ4v) is 3.65. The van der Waals surface area contributed by atoms with Gasteiger partial charge in [0.1, 0.15) is 5.76 Å². The van der Waals surface area contributed by atoms with Gasteiger partial charge in [-0.1, -0.05) is 17.3 Å². The number of fused-ring (bicyclic) bond motifs is 1. The maximum absolute atomic E-state index is 11.5. The average molecular weight is 337 g/mol. The van der Waals surface area contributed by atoms with Crippen molar-refractivity contribution in [3.63, 3.8) is 0 Å². The second kappa shape index (κ2) is 5.88. The van der Waals surface area contributed by atoms with E-state index in [0.717, 1.165) is 65.2 Å². The van der Waals surface area contributed by atoms with E-state index in [1.165, 1.54) is 0 Å². The summed E-state index contributed by atoms with van der Waals surface area (Å²) in [5, 5.41) is 17.8. The molecule has 0 amide bonds. The Labute approximate surface area is 145 Å². The van der Waals surface area contributed by atoms with E-state index in [1.807, 2.05) is 38.1 Å². The topological polar surface area (TPSA) is 81.2 Å². The Balaban J connectivity index is 1.77. The Hall–Kier alpha value is -2.89.